The fraction of sp³-hybridized carbons (Fsp3) is 0.643. The molecule has 21 heavy (non-hydrogen) atoms. The predicted octanol–water partition coefficient (Wildman–Crippen LogP) is 1.63. The average Bonchev–Trinajstić information content (AvgIpc) is 2.91. The molecule has 7 nitrogen and oxygen atoms in total. The molecule has 1 aromatic heterocycles. The van der Waals surface area contributed by atoms with E-state index in [4.69, 9.17) is 0 Å². The van der Waals surface area contributed by atoms with Gasteiger partial charge in [0.2, 0.25) is 0 Å². The summed E-state index contributed by atoms with van der Waals surface area (Å²) in [6.45, 7) is 4.34. The maximum atomic E-state index is 12.6. The van der Waals surface area contributed by atoms with Crippen LogP contribution in [-0.2, 0) is 6.54 Å². The molecule has 1 atom stereocenters. The number of carbonyl (C=O) groups is 1. The van der Waals surface area contributed by atoms with Crippen molar-refractivity contribution in [2.75, 3.05) is 20.1 Å². The molecular formula is C14H22N4O3. The number of nitro groups is 1. The quantitative estimate of drug-likeness (QED) is 0.661. The molecule has 2 rings (SSSR count). The molecule has 116 valence electrons. The van der Waals surface area contributed by atoms with E-state index in [0.29, 0.717) is 12.2 Å². The molecule has 0 aromatic carbocycles. The van der Waals surface area contributed by atoms with Crippen LogP contribution in [-0.4, -0.2) is 46.5 Å². The number of aromatic nitrogens is 1. The van der Waals surface area contributed by atoms with Crippen molar-refractivity contribution in [1.82, 2.24) is 14.8 Å². The third-order valence-electron chi connectivity index (χ3n) is 3.92. The zero-order valence-electron chi connectivity index (χ0n) is 12.5. The first-order chi connectivity index (χ1) is 10.0. The lowest BCUT2D eigenvalue weighted by Gasteiger charge is -2.31. The molecule has 0 saturated carbocycles. The van der Waals surface area contributed by atoms with Gasteiger partial charge in [-0.2, -0.15) is 0 Å². The lowest BCUT2D eigenvalue weighted by atomic mass is 10.1. The second kappa shape index (κ2) is 6.71. The summed E-state index contributed by atoms with van der Waals surface area (Å²) in [5, 5.41) is 14.2. The Morgan fingerprint density at radius 3 is 2.95 bits per heavy atom. The van der Waals surface area contributed by atoms with Crippen molar-refractivity contribution in [2.45, 2.75) is 38.8 Å². The molecule has 1 aromatic rings. The molecule has 0 spiro atoms. The number of piperidine rings is 1. The molecule has 1 fully saturated rings. The highest BCUT2D eigenvalue weighted by Crippen LogP contribution is 2.20. The number of nitrogens with one attached hydrogen (secondary N) is 1. The number of likely N-dealkylation sites (N-methyl/N-ethyl adjacent to an activating group) is 1. The van der Waals surface area contributed by atoms with E-state index in [2.05, 4.69) is 5.32 Å². The van der Waals surface area contributed by atoms with Crippen LogP contribution in [0.25, 0.3) is 0 Å². The summed E-state index contributed by atoms with van der Waals surface area (Å²) in [4.78, 5) is 24.8. The molecule has 0 radical (unpaired) electrons. The minimum atomic E-state index is -0.453. The zero-order valence-corrected chi connectivity index (χ0v) is 12.5. The van der Waals surface area contributed by atoms with Crippen molar-refractivity contribution in [3.8, 4) is 0 Å². The van der Waals surface area contributed by atoms with E-state index in [-0.39, 0.29) is 17.6 Å². The van der Waals surface area contributed by atoms with Crippen molar-refractivity contribution in [2.24, 2.45) is 0 Å². The molecule has 1 N–H and O–H groups in total. The molecule has 1 unspecified atom stereocenters. The first-order valence-electron chi connectivity index (χ1n) is 7.37. The third kappa shape index (κ3) is 3.41. The molecule has 2 heterocycles. The summed E-state index contributed by atoms with van der Waals surface area (Å²) in [6.07, 6.45) is 4.27. The fourth-order valence-electron chi connectivity index (χ4n) is 2.71. The molecule has 0 bridgehead atoms. The topological polar surface area (TPSA) is 80.4 Å². The van der Waals surface area contributed by atoms with E-state index in [0.717, 1.165) is 32.4 Å². The lowest BCUT2D eigenvalue weighted by Crippen LogP contribution is -2.47. The Bertz CT molecular complexity index is 520. The van der Waals surface area contributed by atoms with Crippen LogP contribution in [0.3, 0.4) is 0 Å². The summed E-state index contributed by atoms with van der Waals surface area (Å²) in [6, 6.07) is 1.53. The van der Waals surface area contributed by atoms with Crippen molar-refractivity contribution in [1.29, 1.82) is 0 Å². The zero-order chi connectivity index (χ0) is 15.4. The van der Waals surface area contributed by atoms with Crippen molar-refractivity contribution in [3.63, 3.8) is 0 Å². The molecule has 1 amide bonds. The van der Waals surface area contributed by atoms with Gasteiger partial charge in [-0.05, 0) is 25.8 Å². The van der Waals surface area contributed by atoms with E-state index in [1.807, 2.05) is 6.92 Å². The Labute approximate surface area is 124 Å². The minimum Gasteiger partial charge on any atom is -0.337 e. The second-order valence-electron chi connectivity index (χ2n) is 5.45. The second-order valence-corrected chi connectivity index (χ2v) is 5.45. The highest BCUT2D eigenvalue weighted by atomic mass is 16.6. The highest BCUT2D eigenvalue weighted by molar-refractivity contribution is 5.93. The van der Waals surface area contributed by atoms with E-state index in [9.17, 15) is 14.9 Å². The highest BCUT2D eigenvalue weighted by Gasteiger charge is 2.26. The Hall–Kier alpha value is -1.89. The SMILES string of the molecule is CCCn1cc([N+](=O)[O-])cc1C(=O)N(C)C1CCCNC1. The maximum Gasteiger partial charge on any atom is 0.287 e. The molecule has 1 saturated heterocycles. The normalized spacial score (nSPS) is 18.5. The average molecular weight is 294 g/mol. The van der Waals surface area contributed by atoms with Crippen LogP contribution in [0.1, 0.15) is 36.7 Å². The van der Waals surface area contributed by atoms with Crippen LogP contribution >= 0.6 is 0 Å². The summed E-state index contributed by atoms with van der Waals surface area (Å²) in [5.41, 5.74) is 0.374. The predicted molar refractivity (Wildman–Crippen MR) is 79.4 cm³/mol. The fourth-order valence-corrected chi connectivity index (χ4v) is 2.71. The van der Waals surface area contributed by atoms with Crippen molar-refractivity contribution >= 4 is 11.6 Å². The molecule has 0 aliphatic carbocycles. The Morgan fingerprint density at radius 1 is 1.62 bits per heavy atom. The number of aryl methyl sites for hydroxylation is 1. The number of hydrogen-bond donors (Lipinski definition) is 1. The summed E-state index contributed by atoms with van der Waals surface area (Å²) in [7, 11) is 1.77. The van der Waals surface area contributed by atoms with Gasteiger partial charge in [0.25, 0.3) is 11.6 Å². The first-order valence-corrected chi connectivity index (χ1v) is 7.37. The number of hydrogen-bond acceptors (Lipinski definition) is 4. The monoisotopic (exact) mass is 294 g/mol. The van der Waals surface area contributed by atoms with Crippen molar-refractivity contribution < 1.29 is 9.72 Å². The van der Waals surface area contributed by atoms with Gasteiger partial charge in [-0.15, -0.1) is 0 Å². The standard InChI is InChI=1S/C14H22N4O3/c1-3-7-17-10-12(18(20)21)8-13(17)14(19)16(2)11-5-4-6-15-9-11/h8,10-11,15H,3-7,9H2,1-2H3. The van der Waals surface area contributed by atoms with Gasteiger partial charge in [0.05, 0.1) is 11.1 Å². The van der Waals surface area contributed by atoms with Gasteiger partial charge >= 0.3 is 0 Å². The van der Waals surface area contributed by atoms with Gasteiger partial charge in [0.1, 0.15) is 5.69 Å². The molecule has 7 heteroatoms. The van der Waals surface area contributed by atoms with Gasteiger partial charge in [-0.25, -0.2) is 0 Å². The van der Waals surface area contributed by atoms with E-state index in [1.165, 1.54) is 12.3 Å². The number of nitrogens with zero attached hydrogens (tertiary/aromatic N) is 3. The van der Waals surface area contributed by atoms with Crippen LogP contribution in [0.2, 0.25) is 0 Å². The summed E-state index contributed by atoms with van der Waals surface area (Å²) in [5.74, 6) is -0.148. The van der Waals surface area contributed by atoms with Gasteiger partial charge in [-0.3, -0.25) is 14.9 Å². The number of carbonyl (C=O) groups excluding carboxylic acids is 1. The largest absolute Gasteiger partial charge is 0.337 e. The van der Waals surface area contributed by atoms with Gasteiger partial charge in [-0.1, -0.05) is 6.92 Å². The smallest absolute Gasteiger partial charge is 0.287 e. The Balaban J connectivity index is 2.22. The molecular weight excluding hydrogens is 272 g/mol. The van der Waals surface area contributed by atoms with Gasteiger partial charge in [0, 0.05) is 32.2 Å². The third-order valence-corrected chi connectivity index (χ3v) is 3.92. The van der Waals surface area contributed by atoms with Gasteiger partial charge < -0.3 is 14.8 Å². The van der Waals surface area contributed by atoms with Crippen LogP contribution < -0.4 is 5.32 Å². The number of rotatable bonds is 5. The number of amides is 1. The van der Waals surface area contributed by atoms with E-state index >= 15 is 0 Å². The Kier molecular flexibility index (Phi) is 4.95. The van der Waals surface area contributed by atoms with Crippen LogP contribution in [0.15, 0.2) is 12.3 Å². The van der Waals surface area contributed by atoms with Crippen LogP contribution in [0, 0.1) is 10.1 Å². The van der Waals surface area contributed by atoms with E-state index in [1.54, 1.807) is 16.5 Å². The summed E-state index contributed by atoms with van der Waals surface area (Å²) >= 11 is 0. The minimum absolute atomic E-state index is 0.0260. The Morgan fingerprint density at radius 2 is 2.38 bits per heavy atom. The lowest BCUT2D eigenvalue weighted by molar-refractivity contribution is -0.384. The van der Waals surface area contributed by atoms with Gasteiger partial charge in [0.15, 0.2) is 0 Å². The maximum absolute atomic E-state index is 12.6. The van der Waals surface area contributed by atoms with Crippen LogP contribution in [0.5, 0.6) is 0 Å². The molecule has 1 aliphatic heterocycles. The first kappa shape index (κ1) is 15.5. The summed E-state index contributed by atoms with van der Waals surface area (Å²) < 4.78 is 1.69. The van der Waals surface area contributed by atoms with Crippen molar-refractivity contribution in [3.05, 3.63) is 28.1 Å². The molecule has 1 aliphatic rings. The van der Waals surface area contributed by atoms with E-state index < -0.39 is 4.92 Å². The van der Waals surface area contributed by atoms with Crippen LogP contribution in [0.4, 0.5) is 5.69 Å².